The Balaban J connectivity index is 4.62. The van der Waals surface area contributed by atoms with Gasteiger partial charge in [-0.25, -0.2) is 0 Å². The van der Waals surface area contributed by atoms with Crippen LogP contribution in [0.1, 0.15) is 156 Å². The van der Waals surface area contributed by atoms with Gasteiger partial charge in [-0.2, -0.15) is 0 Å². The van der Waals surface area contributed by atoms with E-state index < -0.39 is 12.1 Å². The maximum absolute atomic E-state index is 12.6. The van der Waals surface area contributed by atoms with Crippen LogP contribution >= 0.6 is 0 Å². The highest BCUT2D eigenvalue weighted by molar-refractivity contribution is 5.71. The number of allylic oxidation sites excluding steroid dienone is 20. The van der Waals surface area contributed by atoms with Crippen LogP contribution in [0.3, 0.4) is 0 Å². The van der Waals surface area contributed by atoms with Crippen LogP contribution in [0.15, 0.2) is 122 Å². The zero-order chi connectivity index (χ0) is 40.8. The van der Waals surface area contributed by atoms with Crippen LogP contribution in [0.5, 0.6) is 0 Å². The van der Waals surface area contributed by atoms with E-state index in [1.807, 2.05) is 12.2 Å². The molecule has 0 radical (unpaired) electrons. The molecule has 0 amide bonds. The summed E-state index contributed by atoms with van der Waals surface area (Å²) in [5.41, 5.74) is 0. The largest absolute Gasteiger partial charge is 0.462 e. The van der Waals surface area contributed by atoms with Crippen LogP contribution in [-0.4, -0.2) is 37.2 Å². The number of carbonyl (C=O) groups is 3. The van der Waals surface area contributed by atoms with Gasteiger partial charge in [0.25, 0.3) is 0 Å². The maximum Gasteiger partial charge on any atom is 0.306 e. The second-order valence-electron chi connectivity index (χ2n) is 13.5. The van der Waals surface area contributed by atoms with Gasteiger partial charge in [-0.1, -0.05) is 162 Å². The molecule has 0 rings (SSSR count). The summed E-state index contributed by atoms with van der Waals surface area (Å²) in [6.45, 7) is 6.16. The number of esters is 3. The predicted molar refractivity (Wildman–Crippen MR) is 237 cm³/mol. The van der Waals surface area contributed by atoms with Crippen molar-refractivity contribution in [2.45, 2.75) is 162 Å². The smallest absolute Gasteiger partial charge is 0.306 e. The Hall–Kier alpha value is -4.19. The van der Waals surface area contributed by atoms with Crippen molar-refractivity contribution in [1.82, 2.24) is 0 Å². The second-order valence-corrected chi connectivity index (χ2v) is 13.5. The van der Waals surface area contributed by atoms with E-state index in [1.54, 1.807) is 0 Å². The lowest BCUT2D eigenvalue weighted by molar-refractivity contribution is -0.166. The van der Waals surface area contributed by atoms with E-state index in [2.05, 4.69) is 130 Å². The van der Waals surface area contributed by atoms with Crippen molar-refractivity contribution in [2.24, 2.45) is 0 Å². The van der Waals surface area contributed by atoms with E-state index in [1.165, 1.54) is 12.8 Å². The Kier molecular flexibility index (Phi) is 40.3. The third-order valence-corrected chi connectivity index (χ3v) is 8.22. The Morgan fingerprint density at radius 1 is 0.393 bits per heavy atom. The van der Waals surface area contributed by atoms with E-state index in [9.17, 15) is 14.4 Å². The van der Waals surface area contributed by atoms with E-state index in [0.717, 1.165) is 89.9 Å². The molecule has 0 aliphatic heterocycles. The first-order chi connectivity index (χ1) is 27.5. The van der Waals surface area contributed by atoms with Gasteiger partial charge in [0, 0.05) is 19.3 Å². The van der Waals surface area contributed by atoms with Crippen LogP contribution < -0.4 is 0 Å². The minimum absolute atomic E-state index is 0.139. The molecule has 0 fully saturated rings. The highest BCUT2D eigenvalue weighted by atomic mass is 16.6. The first kappa shape index (κ1) is 51.8. The Bertz CT molecular complexity index is 1260. The minimum Gasteiger partial charge on any atom is -0.462 e. The Morgan fingerprint density at radius 3 is 1.30 bits per heavy atom. The summed E-state index contributed by atoms with van der Waals surface area (Å²) in [4.78, 5) is 37.6. The third-order valence-electron chi connectivity index (χ3n) is 8.22. The molecule has 0 heterocycles. The van der Waals surface area contributed by atoms with E-state index >= 15 is 0 Å². The van der Waals surface area contributed by atoms with Crippen molar-refractivity contribution >= 4 is 17.9 Å². The molecule has 0 aromatic carbocycles. The van der Waals surface area contributed by atoms with Gasteiger partial charge in [-0.15, -0.1) is 0 Å². The molecule has 0 aliphatic rings. The lowest BCUT2D eigenvalue weighted by atomic mass is 10.1. The summed E-state index contributed by atoms with van der Waals surface area (Å²) in [5, 5.41) is 0. The van der Waals surface area contributed by atoms with Crippen molar-refractivity contribution in [3.8, 4) is 0 Å². The molecule has 1 atom stereocenters. The van der Waals surface area contributed by atoms with E-state index in [0.29, 0.717) is 19.3 Å². The highest BCUT2D eigenvalue weighted by Gasteiger charge is 2.19. The summed E-state index contributed by atoms with van der Waals surface area (Å²) in [5.74, 6) is -1.12. The molecule has 56 heavy (non-hydrogen) atoms. The van der Waals surface area contributed by atoms with Gasteiger partial charge < -0.3 is 14.2 Å². The second kappa shape index (κ2) is 43.5. The number of unbranched alkanes of at least 4 members (excludes halogenated alkanes) is 6. The highest BCUT2D eigenvalue weighted by Crippen LogP contribution is 2.09. The van der Waals surface area contributed by atoms with Crippen LogP contribution in [0.2, 0.25) is 0 Å². The molecule has 0 bridgehead atoms. The molecule has 312 valence electrons. The predicted octanol–water partition coefficient (Wildman–Crippen LogP) is 13.8. The molecule has 0 saturated carbocycles. The summed E-state index contributed by atoms with van der Waals surface area (Å²) >= 11 is 0. The van der Waals surface area contributed by atoms with E-state index in [-0.39, 0.29) is 38.0 Å². The quantitative estimate of drug-likeness (QED) is 0.0207. The monoisotopic (exact) mass is 773 g/mol. The van der Waals surface area contributed by atoms with Crippen molar-refractivity contribution in [2.75, 3.05) is 13.2 Å². The molecule has 6 heteroatoms. The van der Waals surface area contributed by atoms with Crippen LogP contribution in [-0.2, 0) is 28.6 Å². The molecular weight excluding hydrogens is 697 g/mol. The zero-order valence-electron chi connectivity index (χ0n) is 35.3. The van der Waals surface area contributed by atoms with Crippen molar-refractivity contribution in [1.29, 1.82) is 0 Å². The van der Waals surface area contributed by atoms with E-state index in [4.69, 9.17) is 14.2 Å². The van der Waals surface area contributed by atoms with Gasteiger partial charge in [0.1, 0.15) is 13.2 Å². The average molecular weight is 773 g/mol. The summed E-state index contributed by atoms with van der Waals surface area (Å²) in [6.07, 6.45) is 59.2. The SMILES string of the molecule is CC/C=C\C/C=C\C/C=C\C/C=C\C/C=C\CCC(=O)OCC(COC(=O)CCCCC/C=C\C=C/CCCC)OC(=O)CCC/C=C\C/C=C\C/C=C\CC. The molecule has 0 spiro atoms. The summed E-state index contributed by atoms with van der Waals surface area (Å²) in [7, 11) is 0. The first-order valence-corrected chi connectivity index (χ1v) is 21.6. The number of hydrogen-bond acceptors (Lipinski definition) is 6. The fourth-order valence-electron chi connectivity index (χ4n) is 5.02. The molecule has 0 N–H and O–H groups in total. The molecule has 0 aromatic rings. The topological polar surface area (TPSA) is 78.9 Å². The van der Waals surface area contributed by atoms with Crippen molar-refractivity contribution in [3.05, 3.63) is 122 Å². The van der Waals surface area contributed by atoms with Crippen LogP contribution in [0.4, 0.5) is 0 Å². The maximum atomic E-state index is 12.6. The van der Waals surface area contributed by atoms with Gasteiger partial charge in [-0.05, 0) is 96.3 Å². The molecular formula is C50H76O6. The Labute approximate surface area is 342 Å². The molecule has 6 nitrogen and oxygen atoms in total. The number of rotatable bonds is 36. The fourth-order valence-corrected chi connectivity index (χ4v) is 5.02. The number of ether oxygens (including phenoxy) is 3. The van der Waals surface area contributed by atoms with Gasteiger partial charge in [0.15, 0.2) is 6.10 Å². The third kappa shape index (κ3) is 41.0. The first-order valence-electron chi connectivity index (χ1n) is 21.6. The lowest BCUT2D eigenvalue weighted by Crippen LogP contribution is -2.30. The van der Waals surface area contributed by atoms with Crippen molar-refractivity contribution in [3.63, 3.8) is 0 Å². The molecule has 0 aliphatic carbocycles. The Morgan fingerprint density at radius 2 is 0.804 bits per heavy atom. The van der Waals surface area contributed by atoms with Gasteiger partial charge in [-0.3, -0.25) is 14.4 Å². The minimum atomic E-state index is -0.845. The molecule has 0 saturated heterocycles. The lowest BCUT2D eigenvalue weighted by Gasteiger charge is -2.18. The standard InChI is InChI=1S/C50H76O6/c1-4-7-10-13-16-19-22-23-24-25-26-29-31-34-37-40-43-49(52)55-46-47(56-50(53)44-41-38-35-32-28-21-18-15-12-9-6-3)45-54-48(51)42-39-36-33-30-27-20-17-14-11-8-5-2/h7,9-10,12,14,16-21,23-24,26-27,29,32,34-35,37,47H,4-6,8,11,13,15,22,25,28,30-31,33,36,38-46H2,1-3H3/b10-7-,12-9-,17-14-,19-16-,21-18-,24-23-,27-20-,29-26-,35-32-,37-34-. The normalized spacial score (nSPS) is 13.3. The van der Waals surface area contributed by atoms with Crippen molar-refractivity contribution < 1.29 is 28.6 Å². The van der Waals surface area contributed by atoms with Gasteiger partial charge in [0.05, 0.1) is 0 Å². The van der Waals surface area contributed by atoms with Crippen LogP contribution in [0, 0.1) is 0 Å². The number of carbonyl (C=O) groups excluding carboxylic acids is 3. The summed E-state index contributed by atoms with van der Waals surface area (Å²) in [6, 6.07) is 0. The van der Waals surface area contributed by atoms with Crippen LogP contribution in [0.25, 0.3) is 0 Å². The molecule has 0 aromatic heterocycles. The van der Waals surface area contributed by atoms with Gasteiger partial charge in [0.2, 0.25) is 0 Å². The zero-order valence-corrected chi connectivity index (χ0v) is 35.3. The number of hydrogen-bond donors (Lipinski definition) is 0. The van der Waals surface area contributed by atoms with Gasteiger partial charge >= 0.3 is 17.9 Å². The molecule has 1 unspecified atom stereocenters. The average Bonchev–Trinajstić information content (AvgIpc) is 3.19. The fraction of sp³-hybridized carbons (Fsp3) is 0.540. The summed E-state index contributed by atoms with van der Waals surface area (Å²) < 4.78 is 16.5.